The molecule has 0 saturated carbocycles. The van der Waals surface area contributed by atoms with E-state index < -0.39 is 11.7 Å². The Bertz CT molecular complexity index is 432. The molecule has 0 atom stereocenters. The summed E-state index contributed by atoms with van der Waals surface area (Å²) in [5.41, 5.74) is 2.27. The second kappa shape index (κ2) is 5.80. The average Bonchev–Trinajstić information content (AvgIpc) is 2.36. The maximum absolute atomic E-state index is 11.3. The van der Waals surface area contributed by atoms with Crippen LogP contribution >= 0.6 is 0 Å². The molecular weight excluding hydrogens is 226 g/mol. The Labute approximate surface area is 109 Å². The molecule has 3 heteroatoms. The predicted molar refractivity (Wildman–Crippen MR) is 72.5 cm³/mol. The van der Waals surface area contributed by atoms with Crippen molar-refractivity contribution in [1.82, 2.24) is 5.32 Å². The molecule has 0 unspecified atom stereocenters. The van der Waals surface area contributed by atoms with Crippen molar-refractivity contribution in [2.24, 2.45) is 0 Å². The molecule has 0 aliphatic carbocycles. The van der Waals surface area contributed by atoms with Crippen LogP contribution in [0.3, 0.4) is 0 Å². The summed E-state index contributed by atoms with van der Waals surface area (Å²) in [5.74, 6) is -0.972. The van der Waals surface area contributed by atoms with Crippen molar-refractivity contribution in [3.63, 3.8) is 0 Å². The van der Waals surface area contributed by atoms with Crippen molar-refractivity contribution in [2.75, 3.05) is 6.54 Å². The first-order valence-electron chi connectivity index (χ1n) is 6.25. The Morgan fingerprint density at radius 1 is 1.17 bits per heavy atom. The van der Waals surface area contributed by atoms with Crippen LogP contribution in [0.5, 0.6) is 0 Å². The second-order valence-corrected chi connectivity index (χ2v) is 5.17. The number of hydrogen-bond acceptors (Lipinski definition) is 2. The largest absolute Gasteiger partial charge is 0.349 e. The van der Waals surface area contributed by atoms with Crippen LogP contribution in [0.25, 0.3) is 0 Å². The van der Waals surface area contributed by atoms with Gasteiger partial charge in [0.15, 0.2) is 0 Å². The van der Waals surface area contributed by atoms with Gasteiger partial charge in [-0.2, -0.15) is 0 Å². The van der Waals surface area contributed by atoms with Gasteiger partial charge in [0.1, 0.15) is 0 Å². The zero-order valence-electron chi connectivity index (χ0n) is 11.5. The fraction of sp³-hybridized carbons (Fsp3) is 0.467. The molecule has 18 heavy (non-hydrogen) atoms. The molecule has 0 aromatic heterocycles. The van der Waals surface area contributed by atoms with E-state index in [-0.39, 0.29) is 5.41 Å². The van der Waals surface area contributed by atoms with Gasteiger partial charge in [0.2, 0.25) is 5.78 Å². The van der Waals surface area contributed by atoms with E-state index in [0.29, 0.717) is 6.54 Å². The fourth-order valence-electron chi connectivity index (χ4n) is 1.72. The standard InChI is InChI=1S/C15H21NO2/c1-5-12-6-8-13(9-7-12)15(3,4)10-16-14(18)11(2)17/h6-9H,5,10H2,1-4H3,(H,16,18). The lowest BCUT2D eigenvalue weighted by Crippen LogP contribution is -2.39. The number of nitrogens with one attached hydrogen (secondary N) is 1. The topological polar surface area (TPSA) is 46.2 Å². The maximum atomic E-state index is 11.3. The Balaban J connectivity index is 2.72. The molecular formula is C15H21NO2. The van der Waals surface area contributed by atoms with Gasteiger partial charge >= 0.3 is 0 Å². The number of benzene rings is 1. The highest BCUT2D eigenvalue weighted by Crippen LogP contribution is 2.22. The summed E-state index contributed by atoms with van der Waals surface area (Å²) in [4.78, 5) is 22.1. The molecule has 98 valence electrons. The van der Waals surface area contributed by atoms with E-state index in [4.69, 9.17) is 0 Å². The van der Waals surface area contributed by atoms with Gasteiger partial charge in [0.05, 0.1) is 0 Å². The van der Waals surface area contributed by atoms with Crippen LogP contribution in [-0.2, 0) is 21.4 Å². The Morgan fingerprint density at radius 3 is 2.17 bits per heavy atom. The van der Waals surface area contributed by atoms with E-state index >= 15 is 0 Å². The minimum absolute atomic E-state index is 0.183. The van der Waals surface area contributed by atoms with Gasteiger partial charge in [-0.15, -0.1) is 0 Å². The van der Waals surface area contributed by atoms with Crippen LogP contribution in [0.15, 0.2) is 24.3 Å². The Kier molecular flexibility index (Phi) is 4.65. The van der Waals surface area contributed by atoms with Crippen LogP contribution < -0.4 is 5.32 Å². The van der Waals surface area contributed by atoms with E-state index in [2.05, 4.69) is 36.5 Å². The van der Waals surface area contributed by atoms with Crippen molar-refractivity contribution in [3.8, 4) is 0 Å². The molecule has 0 heterocycles. The van der Waals surface area contributed by atoms with Gasteiger partial charge in [0.25, 0.3) is 5.91 Å². The highest BCUT2D eigenvalue weighted by Gasteiger charge is 2.22. The molecule has 1 aromatic carbocycles. The summed E-state index contributed by atoms with van der Waals surface area (Å²) < 4.78 is 0. The third kappa shape index (κ3) is 3.69. The molecule has 1 amide bonds. The zero-order chi connectivity index (χ0) is 13.8. The first kappa shape index (κ1) is 14.4. The van der Waals surface area contributed by atoms with Crippen molar-refractivity contribution in [1.29, 1.82) is 0 Å². The van der Waals surface area contributed by atoms with Crippen molar-refractivity contribution < 1.29 is 9.59 Å². The third-order valence-corrected chi connectivity index (χ3v) is 3.15. The van der Waals surface area contributed by atoms with E-state index in [1.165, 1.54) is 12.5 Å². The average molecular weight is 247 g/mol. The number of Topliss-reactive ketones (excluding diaryl/α,β-unsaturated/α-hetero) is 1. The molecule has 0 spiro atoms. The number of aryl methyl sites for hydroxylation is 1. The molecule has 0 radical (unpaired) electrons. The van der Waals surface area contributed by atoms with E-state index in [0.717, 1.165) is 12.0 Å². The van der Waals surface area contributed by atoms with Gasteiger partial charge in [-0.25, -0.2) is 0 Å². The Morgan fingerprint density at radius 2 is 1.72 bits per heavy atom. The van der Waals surface area contributed by atoms with E-state index in [1.54, 1.807) is 0 Å². The molecule has 1 aromatic rings. The van der Waals surface area contributed by atoms with Crippen LogP contribution in [0.1, 0.15) is 38.8 Å². The van der Waals surface area contributed by atoms with Crippen molar-refractivity contribution in [3.05, 3.63) is 35.4 Å². The number of rotatable bonds is 5. The van der Waals surface area contributed by atoms with Crippen LogP contribution in [-0.4, -0.2) is 18.2 Å². The lowest BCUT2D eigenvalue weighted by atomic mass is 9.84. The minimum Gasteiger partial charge on any atom is -0.349 e. The van der Waals surface area contributed by atoms with Crippen LogP contribution in [0.2, 0.25) is 0 Å². The molecule has 0 saturated heterocycles. The van der Waals surface area contributed by atoms with E-state index in [1.807, 2.05) is 13.8 Å². The van der Waals surface area contributed by atoms with Gasteiger partial charge in [-0.05, 0) is 17.5 Å². The van der Waals surface area contributed by atoms with Crippen LogP contribution in [0.4, 0.5) is 0 Å². The van der Waals surface area contributed by atoms with Crippen molar-refractivity contribution in [2.45, 2.75) is 39.5 Å². The first-order chi connectivity index (χ1) is 8.36. The zero-order valence-corrected chi connectivity index (χ0v) is 11.5. The lowest BCUT2D eigenvalue weighted by molar-refractivity contribution is -0.136. The number of carbonyl (C=O) groups is 2. The maximum Gasteiger partial charge on any atom is 0.287 e. The molecule has 3 nitrogen and oxygen atoms in total. The van der Waals surface area contributed by atoms with Gasteiger partial charge in [0, 0.05) is 18.9 Å². The molecule has 0 aliphatic rings. The Hall–Kier alpha value is -1.64. The predicted octanol–water partition coefficient (Wildman–Crippen LogP) is 2.23. The fourth-order valence-corrected chi connectivity index (χ4v) is 1.72. The summed E-state index contributed by atoms with van der Waals surface area (Å²) in [6.45, 7) is 7.95. The SMILES string of the molecule is CCc1ccc(C(C)(C)CNC(=O)C(C)=O)cc1. The van der Waals surface area contributed by atoms with Gasteiger partial charge in [-0.3, -0.25) is 9.59 Å². The quantitative estimate of drug-likeness (QED) is 0.811. The minimum atomic E-state index is -0.520. The number of ketones is 1. The van der Waals surface area contributed by atoms with Gasteiger partial charge < -0.3 is 5.32 Å². The summed E-state index contributed by atoms with van der Waals surface area (Å²) in [5, 5.41) is 2.66. The van der Waals surface area contributed by atoms with Gasteiger partial charge in [-0.1, -0.05) is 45.0 Å². The third-order valence-electron chi connectivity index (χ3n) is 3.15. The summed E-state index contributed by atoms with van der Waals surface area (Å²) >= 11 is 0. The highest BCUT2D eigenvalue weighted by atomic mass is 16.2. The number of amides is 1. The highest BCUT2D eigenvalue weighted by molar-refractivity contribution is 6.35. The van der Waals surface area contributed by atoms with E-state index in [9.17, 15) is 9.59 Å². The monoisotopic (exact) mass is 247 g/mol. The lowest BCUT2D eigenvalue weighted by Gasteiger charge is -2.25. The molecule has 0 bridgehead atoms. The summed E-state index contributed by atoms with van der Waals surface area (Å²) in [6.07, 6.45) is 1.02. The molecule has 1 rings (SSSR count). The summed E-state index contributed by atoms with van der Waals surface area (Å²) in [7, 11) is 0. The van der Waals surface area contributed by atoms with Crippen molar-refractivity contribution >= 4 is 11.7 Å². The van der Waals surface area contributed by atoms with Crippen LogP contribution in [0, 0.1) is 0 Å². The summed E-state index contributed by atoms with van der Waals surface area (Å²) in [6, 6.07) is 8.37. The molecule has 0 fully saturated rings. The normalized spacial score (nSPS) is 11.1. The second-order valence-electron chi connectivity index (χ2n) is 5.17. The number of hydrogen-bond donors (Lipinski definition) is 1. The smallest absolute Gasteiger partial charge is 0.287 e. The number of carbonyl (C=O) groups excluding carboxylic acids is 2. The molecule has 1 N–H and O–H groups in total. The first-order valence-corrected chi connectivity index (χ1v) is 6.25. The molecule has 0 aliphatic heterocycles.